The zero-order valence-electron chi connectivity index (χ0n) is 20.0. The summed E-state index contributed by atoms with van der Waals surface area (Å²) in [6, 6.07) is 31.8. The molecule has 0 aromatic heterocycles. The molecule has 2 unspecified atom stereocenters. The van der Waals surface area contributed by atoms with Gasteiger partial charge in [0, 0.05) is 5.92 Å². The highest BCUT2D eigenvalue weighted by Crippen LogP contribution is 2.32. The highest BCUT2D eigenvalue weighted by atomic mass is 32.2. The quantitative estimate of drug-likeness (QED) is 0.264. The lowest BCUT2D eigenvalue weighted by molar-refractivity contribution is 0.151. The van der Waals surface area contributed by atoms with Gasteiger partial charge in [0.2, 0.25) is 0 Å². The lowest BCUT2D eigenvalue weighted by Gasteiger charge is -2.22. The van der Waals surface area contributed by atoms with Crippen LogP contribution in [0.4, 0.5) is 5.69 Å². The van der Waals surface area contributed by atoms with Crippen LogP contribution in [-0.4, -0.2) is 26.2 Å². The van der Waals surface area contributed by atoms with Gasteiger partial charge < -0.3 is 9.84 Å². The van der Waals surface area contributed by atoms with Gasteiger partial charge in [-0.3, -0.25) is 4.72 Å². The Bertz CT molecular complexity index is 1420. The van der Waals surface area contributed by atoms with Crippen molar-refractivity contribution < 1.29 is 18.3 Å². The Morgan fingerprint density at radius 3 is 2.53 bits per heavy atom. The van der Waals surface area contributed by atoms with Crippen molar-refractivity contribution in [3.8, 4) is 16.9 Å². The molecule has 0 saturated heterocycles. The first-order chi connectivity index (χ1) is 17.4. The fourth-order valence-electron chi connectivity index (χ4n) is 4.01. The smallest absolute Gasteiger partial charge is 0.261 e. The van der Waals surface area contributed by atoms with Crippen molar-refractivity contribution in [1.82, 2.24) is 0 Å². The number of hydrogen-bond acceptors (Lipinski definition) is 4. The topological polar surface area (TPSA) is 75.6 Å². The van der Waals surface area contributed by atoms with E-state index in [0.29, 0.717) is 11.4 Å². The van der Waals surface area contributed by atoms with Gasteiger partial charge in [0.15, 0.2) is 0 Å². The summed E-state index contributed by atoms with van der Waals surface area (Å²) in [6.07, 6.45) is 0.695. The molecule has 4 rings (SSSR count). The first-order valence-electron chi connectivity index (χ1n) is 11.6. The van der Waals surface area contributed by atoms with Crippen molar-refractivity contribution in [3.63, 3.8) is 0 Å². The molecule has 0 aliphatic heterocycles. The Kier molecular flexibility index (Phi) is 7.88. The summed E-state index contributed by atoms with van der Waals surface area (Å²) in [6.45, 7) is 5.89. The second kappa shape index (κ2) is 11.2. The average Bonchev–Trinajstić information content (AvgIpc) is 2.91. The molecule has 0 spiro atoms. The molecular formula is C30H28NO4S. The summed E-state index contributed by atoms with van der Waals surface area (Å²) in [5.74, 6) is 0.326. The van der Waals surface area contributed by atoms with Crippen LogP contribution in [0.15, 0.2) is 115 Å². The van der Waals surface area contributed by atoms with Crippen LogP contribution in [-0.2, 0) is 10.0 Å². The second-order valence-electron chi connectivity index (χ2n) is 8.41. The molecule has 5 nitrogen and oxygen atoms in total. The number of sulfonamides is 1. The molecule has 1 radical (unpaired) electrons. The first-order valence-corrected chi connectivity index (χ1v) is 13.0. The number of ether oxygens (including phenoxy) is 1. The molecule has 2 N–H and O–H groups in total. The minimum absolute atomic E-state index is 0.203. The van der Waals surface area contributed by atoms with Gasteiger partial charge in [-0.1, -0.05) is 72.8 Å². The normalized spacial score (nSPS) is 12.9. The SMILES string of the molecule is C=CC(O)C(COc1c[c]ccc1)c1cccc(-c2cccc(NS(=O)(=O)c3ccccc3)c2C)c1. The minimum atomic E-state index is -3.72. The van der Waals surface area contributed by atoms with Crippen LogP contribution in [0, 0.1) is 13.0 Å². The number of hydrogen-bond donors (Lipinski definition) is 2. The lowest BCUT2D eigenvalue weighted by atomic mass is 9.90. The van der Waals surface area contributed by atoms with E-state index >= 15 is 0 Å². The lowest BCUT2D eigenvalue weighted by Crippen LogP contribution is -2.22. The van der Waals surface area contributed by atoms with Gasteiger partial charge in [0.25, 0.3) is 10.0 Å². The number of aliphatic hydroxyl groups excluding tert-OH is 1. The predicted octanol–water partition coefficient (Wildman–Crippen LogP) is 5.97. The van der Waals surface area contributed by atoms with Crippen molar-refractivity contribution in [3.05, 3.63) is 127 Å². The van der Waals surface area contributed by atoms with E-state index in [1.165, 1.54) is 6.08 Å². The minimum Gasteiger partial charge on any atom is -0.493 e. The van der Waals surface area contributed by atoms with Crippen molar-refractivity contribution in [2.75, 3.05) is 11.3 Å². The predicted molar refractivity (Wildman–Crippen MR) is 144 cm³/mol. The van der Waals surface area contributed by atoms with Crippen LogP contribution in [0.2, 0.25) is 0 Å². The maximum atomic E-state index is 12.9. The summed E-state index contributed by atoms with van der Waals surface area (Å²) in [7, 11) is -3.72. The van der Waals surface area contributed by atoms with E-state index in [-0.39, 0.29) is 17.4 Å². The summed E-state index contributed by atoms with van der Waals surface area (Å²) in [5, 5.41) is 10.7. The molecule has 4 aromatic carbocycles. The van der Waals surface area contributed by atoms with Crippen LogP contribution < -0.4 is 9.46 Å². The fourth-order valence-corrected chi connectivity index (χ4v) is 5.15. The highest BCUT2D eigenvalue weighted by Gasteiger charge is 2.21. The zero-order valence-corrected chi connectivity index (χ0v) is 20.8. The van der Waals surface area contributed by atoms with Gasteiger partial charge in [-0.25, -0.2) is 8.42 Å². The molecule has 4 aromatic rings. The molecule has 0 aliphatic carbocycles. The number of benzene rings is 4. The molecule has 0 amide bonds. The molecule has 0 heterocycles. The van der Waals surface area contributed by atoms with E-state index in [2.05, 4.69) is 17.4 Å². The standard InChI is InChI=1S/C30H28NO4S/c1-3-30(32)28(21-35-25-14-6-4-7-15-25)24-13-10-12-23(20-24)27-18-11-19-29(22(27)2)31-36(33,34)26-16-8-5-9-17-26/h3-6,8-20,28,30-32H,1,21H2,2H3. The summed E-state index contributed by atoms with van der Waals surface area (Å²) in [5.41, 5.74) is 3.98. The molecule has 0 bridgehead atoms. The number of nitrogens with one attached hydrogen (secondary N) is 1. The molecule has 0 saturated carbocycles. The van der Waals surface area contributed by atoms with Crippen LogP contribution in [0.5, 0.6) is 5.75 Å². The van der Waals surface area contributed by atoms with Gasteiger partial charge in [0.1, 0.15) is 5.75 Å². The number of aliphatic hydroxyl groups is 1. The molecule has 183 valence electrons. The molecule has 0 aliphatic rings. The Hall–Kier alpha value is -3.87. The highest BCUT2D eigenvalue weighted by molar-refractivity contribution is 7.92. The maximum absolute atomic E-state index is 12.9. The molecule has 6 heteroatoms. The molecule has 2 atom stereocenters. The summed E-state index contributed by atoms with van der Waals surface area (Å²) >= 11 is 0. The van der Waals surface area contributed by atoms with E-state index in [0.717, 1.165) is 22.3 Å². The number of rotatable bonds is 10. The zero-order chi connectivity index (χ0) is 25.5. The third kappa shape index (κ3) is 5.85. The van der Waals surface area contributed by atoms with Crippen LogP contribution >= 0.6 is 0 Å². The van der Waals surface area contributed by atoms with E-state index in [1.807, 2.05) is 55.5 Å². The van der Waals surface area contributed by atoms with E-state index in [9.17, 15) is 13.5 Å². The van der Waals surface area contributed by atoms with Gasteiger partial charge >= 0.3 is 0 Å². The van der Waals surface area contributed by atoms with Crippen LogP contribution in [0.25, 0.3) is 11.1 Å². The van der Waals surface area contributed by atoms with E-state index < -0.39 is 16.1 Å². The van der Waals surface area contributed by atoms with Gasteiger partial charge in [-0.15, -0.1) is 6.58 Å². The Labute approximate surface area is 212 Å². The van der Waals surface area contributed by atoms with Crippen LogP contribution in [0.3, 0.4) is 0 Å². The van der Waals surface area contributed by atoms with Crippen molar-refractivity contribution in [2.24, 2.45) is 0 Å². The molecule has 36 heavy (non-hydrogen) atoms. The third-order valence-corrected chi connectivity index (χ3v) is 7.40. The summed E-state index contributed by atoms with van der Waals surface area (Å²) < 4.78 is 34.4. The van der Waals surface area contributed by atoms with E-state index in [4.69, 9.17) is 4.74 Å². The Balaban J connectivity index is 1.63. The molecule has 0 fully saturated rings. The van der Waals surface area contributed by atoms with Crippen molar-refractivity contribution in [1.29, 1.82) is 0 Å². The molecular weight excluding hydrogens is 470 g/mol. The Morgan fingerprint density at radius 1 is 1.03 bits per heavy atom. The van der Waals surface area contributed by atoms with Crippen molar-refractivity contribution in [2.45, 2.75) is 23.8 Å². The van der Waals surface area contributed by atoms with Crippen molar-refractivity contribution >= 4 is 15.7 Å². The maximum Gasteiger partial charge on any atom is 0.261 e. The number of anilines is 1. The third-order valence-electron chi connectivity index (χ3n) is 6.02. The Morgan fingerprint density at radius 2 is 1.81 bits per heavy atom. The van der Waals surface area contributed by atoms with Gasteiger partial charge in [-0.05, 0) is 65.6 Å². The summed E-state index contributed by atoms with van der Waals surface area (Å²) in [4.78, 5) is 0.203. The second-order valence-corrected chi connectivity index (χ2v) is 10.1. The van der Waals surface area contributed by atoms with E-state index in [1.54, 1.807) is 48.5 Å². The monoisotopic (exact) mass is 498 g/mol. The van der Waals surface area contributed by atoms with Gasteiger partial charge in [-0.2, -0.15) is 0 Å². The average molecular weight is 499 g/mol. The van der Waals surface area contributed by atoms with Gasteiger partial charge in [0.05, 0.1) is 23.3 Å². The first kappa shape index (κ1) is 25.2. The fraction of sp³-hybridized carbons (Fsp3) is 0.133. The largest absolute Gasteiger partial charge is 0.493 e. The van der Waals surface area contributed by atoms with Crippen LogP contribution in [0.1, 0.15) is 17.0 Å².